The Morgan fingerprint density at radius 2 is 2.00 bits per heavy atom. The third-order valence-corrected chi connectivity index (χ3v) is 4.02. The van der Waals surface area contributed by atoms with Crippen LogP contribution in [-0.2, 0) is 0 Å². The first-order chi connectivity index (χ1) is 9.66. The predicted octanol–water partition coefficient (Wildman–Crippen LogP) is 3.53. The fourth-order valence-electron chi connectivity index (χ4n) is 2.53. The zero-order chi connectivity index (χ0) is 14.1. The number of aliphatic hydroxyl groups excluding tert-OH is 1. The van der Waals surface area contributed by atoms with Gasteiger partial charge in [0.15, 0.2) is 0 Å². The van der Waals surface area contributed by atoms with Crippen molar-refractivity contribution in [1.82, 2.24) is 0 Å². The lowest BCUT2D eigenvalue weighted by atomic mass is 9.98. The molecule has 0 saturated heterocycles. The maximum Gasteiger partial charge on any atom is 0.258 e. The Labute approximate surface area is 126 Å². The first-order valence-corrected chi connectivity index (χ1v) is 7.30. The molecule has 1 aliphatic heterocycles. The molecule has 3 rings (SSSR count). The highest BCUT2D eigenvalue weighted by molar-refractivity contribution is 9.10. The average molecular weight is 332 g/mol. The van der Waals surface area contributed by atoms with E-state index in [0.29, 0.717) is 18.5 Å². The predicted molar refractivity (Wildman–Crippen MR) is 81.8 cm³/mol. The van der Waals surface area contributed by atoms with Crippen LogP contribution in [0, 0.1) is 0 Å². The standard InChI is InChI=1S/C16H14BrNO2/c17-12-5-3-4-11(10-12)16(20)18-9-8-15(19)13-6-1-2-7-14(13)18/h1-7,10,15,19H,8-9H2. The number of anilines is 1. The molecule has 1 N–H and O–H groups in total. The second kappa shape index (κ2) is 5.38. The minimum absolute atomic E-state index is 0.0364. The lowest BCUT2D eigenvalue weighted by Crippen LogP contribution is -2.36. The van der Waals surface area contributed by atoms with Gasteiger partial charge in [-0.3, -0.25) is 4.79 Å². The summed E-state index contributed by atoms with van der Waals surface area (Å²) in [5, 5.41) is 10.0. The van der Waals surface area contributed by atoms with Crippen molar-refractivity contribution in [3.05, 3.63) is 64.1 Å². The highest BCUT2D eigenvalue weighted by Gasteiger charge is 2.27. The number of nitrogens with zero attached hydrogens (tertiary/aromatic N) is 1. The summed E-state index contributed by atoms with van der Waals surface area (Å²) in [6.45, 7) is 0.531. The quantitative estimate of drug-likeness (QED) is 0.868. The Bertz CT molecular complexity index is 656. The van der Waals surface area contributed by atoms with Crippen LogP contribution in [0.1, 0.15) is 28.4 Å². The normalized spacial score (nSPS) is 17.7. The highest BCUT2D eigenvalue weighted by atomic mass is 79.9. The van der Waals surface area contributed by atoms with Crippen LogP contribution in [0.4, 0.5) is 5.69 Å². The number of benzene rings is 2. The number of hydrogen-bond acceptors (Lipinski definition) is 2. The number of halogens is 1. The molecule has 1 amide bonds. The molecule has 0 radical (unpaired) electrons. The first-order valence-electron chi connectivity index (χ1n) is 6.51. The Morgan fingerprint density at radius 1 is 1.20 bits per heavy atom. The van der Waals surface area contributed by atoms with Gasteiger partial charge in [0, 0.05) is 27.8 Å². The van der Waals surface area contributed by atoms with Gasteiger partial charge < -0.3 is 10.0 Å². The van der Waals surface area contributed by atoms with Crippen molar-refractivity contribution in [3.63, 3.8) is 0 Å². The van der Waals surface area contributed by atoms with Gasteiger partial charge in [-0.05, 0) is 30.7 Å². The molecule has 0 aromatic heterocycles. The zero-order valence-corrected chi connectivity index (χ0v) is 12.4. The Morgan fingerprint density at radius 3 is 2.80 bits per heavy atom. The van der Waals surface area contributed by atoms with Crippen LogP contribution in [0.2, 0.25) is 0 Å². The fraction of sp³-hybridized carbons (Fsp3) is 0.188. The van der Waals surface area contributed by atoms with Crippen LogP contribution >= 0.6 is 15.9 Å². The van der Waals surface area contributed by atoms with Crippen molar-refractivity contribution in [3.8, 4) is 0 Å². The molecule has 102 valence electrons. The van der Waals surface area contributed by atoms with Crippen molar-refractivity contribution in [2.75, 3.05) is 11.4 Å². The van der Waals surface area contributed by atoms with E-state index in [0.717, 1.165) is 15.7 Å². The molecule has 3 nitrogen and oxygen atoms in total. The third-order valence-electron chi connectivity index (χ3n) is 3.53. The molecule has 20 heavy (non-hydrogen) atoms. The molecule has 1 unspecified atom stereocenters. The number of hydrogen-bond donors (Lipinski definition) is 1. The number of carbonyl (C=O) groups is 1. The lowest BCUT2D eigenvalue weighted by molar-refractivity contribution is 0.0970. The SMILES string of the molecule is O=C(c1cccc(Br)c1)N1CCC(O)c2ccccc21. The summed E-state index contributed by atoms with van der Waals surface area (Å²) in [6, 6.07) is 14.9. The van der Waals surface area contributed by atoms with E-state index in [1.807, 2.05) is 42.5 Å². The maximum absolute atomic E-state index is 12.6. The van der Waals surface area contributed by atoms with Gasteiger partial charge in [0.2, 0.25) is 0 Å². The fourth-order valence-corrected chi connectivity index (χ4v) is 2.93. The van der Waals surface area contributed by atoms with Gasteiger partial charge in [0.25, 0.3) is 5.91 Å². The van der Waals surface area contributed by atoms with Crippen molar-refractivity contribution in [2.24, 2.45) is 0 Å². The van der Waals surface area contributed by atoms with Crippen LogP contribution in [0.5, 0.6) is 0 Å². The lowest BCUT2D eigenvalue weighted by Gasteiger charge is -2.32. The molecular formula is C16H14BrNO2. The van der Waals surface area contributed by atoms with E-state index < -0.39 is 6.10 Å². The summed E-state index contributed by atoms with van der Waals surface area (Å²) in [5.41, 5.74) is 2.27. The van der Waals surface area contributed by atoms with E-state index in [-0.39, 0.29) is 5.91 Å². The molecule has 4 heteroatoms. The summed E-state index contributed by atoms with van der Waals surface area (Å²) >= 11 is 3.38. The molecule has 1 aliphatic rings. The largest absolute Gasteiger partial charge is 0.388 e. The molecule has 0 spiro atoms. The molecule has 2 aromatic rings. The number of rotatable bonds is 1. The molecule has 0 bridgehead atoms. The number of para-hydroxylation sites is 1. The third kappa shape index (κ3) is 2.37. The van der Waals surface area contributed by atoms with E-state index >= 15 is 0 Å². The van der Waals surface area contributed by atoms with E-state index in [4.69, 9.17) is 0 Å². The van der Waals surface area contributed by atoms with E-state index in [1.165, 1.54) is 0 Å². The molecule has 0 saturated carbocycles. The molecular weight excluding hydrogens is 318 g/mol. The van der Waals surface area contributed by atoms with Gasteiger partial charge in [-0.25, -0.2) is 0 Å². The van der Waals surface area contributed by atoms with Gasteiger partial charge in [0.05, 0.1) is 6.10 Å². The minimum atomic E-state index is -0.488. The zero-order valence-electron chi connectivity index (χ0n) is 10.8. The second-order valence-electron chi connectivity index (χ2n) is 4.83. The van der Waals surface area contributed by atoms with Crippen molar-refractivity contribution < 1.29 is 9.90 Å². The topological polar surface area (TPSA) is 40.5 Å². The summed E-state index contributed by atoms with van der Waals surface area (Å²) in [5.74, 6) is -0.0364. The average Bonchev–Trinajstić information content (AvgIpc) is 2.47. The maximum atomic E-state index is 12.6. The number of fused-ring (bicyclic) bond motifs is 1. The summed E-state index contributed by atoms with van der Waals surface area (Å²) in [6.07, 6.45) is 0.0780. The molecule has 1 heterocycles. The van der Waals surface area contributed by atoms with Gasteiger partial charge in [-0.1, -0.05) is 40.2 Å². The highest BCUT2D eigenvalue weighted by Crippen LogP contribution is 2.34. The van der Waals surface area contributed by atoms with Gasteiger partial charge in [0.1, 0.15) is 0 Å². The van der Waals surface area contributed by atoms with E-state index in [1.54, 1.807) is 11.0 Å². The van der Waals surface area contributed by atoms with E-state index in [9.17, 15) is 9.90 Å². The Balaban J connectivity index is 1.99. The molecule has 1 atom stereocenters. The van der Waals surface area contributed by atoms with Crippen LogP contribution in [-0.4, -0.2) is 17.6 Å². The Hall–Kier alpha value is -1.65. The van der Waals surface area contributed by atoms with Crippen LogP contribution in [0.25, 0.3) is 0 Å². The van der Waals surface area contributed by atoms with Gasteiger partial charge in [-0.2, -0.15) is 0 Å². The van der Waals surface area contributed by atoms with Crippen molar-refractivity contribution in [1.29, 1.82) is 0 Å². The minimum Gasteiger partial charge on any atom is -0.388 e. The van der Waals surface area contributed by atoms with Crippen LogP contribution in [0.15, 0.2) is 53.0 Å². The first kappa shape index (κ1) is 13.3. The van der Waals surface area contributed by atoms with Gasteiger partial charge in [-0.15, -0.1) is 0 Å². The summed E-state index contributed by atoms with van der Waals surface area (Å²) in [7, 11) is 0. The van der Waals surface area contributed by atoms with Crippen LogP contribution < -0.4 is 4.90 Å². The Kier molecular flexibility index (Phi) is 3.59. The van der Waals surface area contributed by atoms with Gasteiger partial charge >= 0.3 is 0 Å². The number of carbonyl (C=O) groups excluding carboxylic acids is 1. The van der Waals surface area contributed by atoms with Crippen LogP contribution in [0.3, 0.4) is 0 Å². The van der Waals surface area contributed by atoms with Crippen molar-refractivity contribution in [2.45, 2.75) is 12.5 Å². The van der Waals surface area contributed by atoms with Crippen molar-refractivity contribution >= 4 is 27.5 Å². The summed E-state index contributed by atoms with van der Waals surface area (Å²) < 4.78 is 0.883. The van der Waals surface area contributed by atoms with E-state index in [2.05, 4.69) is 15.9 Å². The summed E-state index contributed by atoms with van der Waals surface area (Å²) in [4.78, 5) is 14.4. The monoisotopic (exact) mass is 331 g/mol. The number of aliphatic hydroxyl groups is 1. The molecule has 0 aliphatic carbocycles. The molecule has 0 fully saturated rings. The number of amides is 1. The second-order valence-corrected chi connectivity index (χ2v) is 5.75. The smallest absolute Gasteiger partial charge is 0.258 e. The molecule has 2 aromatic carbocycles.